The van der Waals surface area contributed by atoms with E-state index >= 15 is 0 Å². The van der Waals surface area contributed by atoms with E-state index in [0.29, 0.717) is 34.8 Å². The Morgan fingerprint density at radius 2 is 1.84 bits per heavy atom. The number of carbonyl (C=O) groups is 2. The Morgan fingerprint density at radius 1 is 1.16 bits per heavy atom. The van der Waals surface area contributed by atoms with Crippen LogP contribution in [0.3, 0.4) is 0 Å². The van der Waals surface area contributed by atoms with Crippen molar-refractivity contribution in [2.45, 2.75) is 26.7 Å². The van der Waals surface area contributed by atoms with Crippen molar-refractivity contribution in [2.24, 2.45) is 5.92 Å². The summed E-state index contributed by atoms with van der Waals surface area (Å²) in [6, 6.07) is 12.1. The molecule has 0 spiro atoms. The lowest BCUT2D eigenvalue weighted by Crippen LogP contribution is -2.28. The standard InChI is InChI=1S/C22H27N3O5S/c1-4-12-31(28,29)24-20-7-5-6-19(15(20)2)23-22(27)16-13-21(26)25(14-16)17-8-10-18(30-3)11-9-17/h5-11,16,24H,4,12-14H2,1-3H3,(H,23,27). The van der Waals surface area contributed by atoms with Gasteiger partial charge in [-0.15, -0.1) is 0 Å². The van der Waals surface area contributed by atoms with Gasteiger partial charge in [0.25, 0.3) is 0 Å². The molecule has 1 fully saturated rings. The summed E-state index contributed by atoms with van der Waals surface area (Å²) in [5, 5.41) is 2.85. The first-order chi connectivity index (χ1) is 14.7. The van der Waals surface area contributed by atoms with Gasteiger partial charge in [-0.1, -0.05) is 13.0 Å². The number of carbonyl (C=O) groups excluding carboxylic acids is 2. The highest BCUT2D eigenvalue weighted by molar-refractivity contribution is 7.92. The van der Waals surface area contributed by atoms with Crippen LogP contribution < -0.4 is 19.7 Å². The lowest BCUT2D eigenvalue weighted by molar-refractivity contribution is -0.122. The van der Waals surface area contributed by atoms with Crippen molar-refractivity contribution in [2.75, 3.05) is 34.3 Å². The van der Waals surface area contributed by atoms with Crippen LogP contribution in [0.1, 0.15) is 25.3 Å². The molecule has 8 nitrogen and oxygen atoms in total. The van der Waals surface area contributed by atoms with E-state index in [1.807, 2.05) is 0 Å². The number of anilines is 3. The maximum atomic E-state index is 12.8. The highest BCUT2D eigenvalue weighted by Gasteiger charge is 2.35. The molecule has 166 valence electrons. The molecule has 1 saturated heterocycles. The molecule has 1 unspecified atom stereocenters. The molecule has 9 heteroatoms. The molecule has 0 radical (unpaired) electrons. The van der Waals surface area contributed by atoms with Crippen molar-refractivity contribution < 1.29 is 22.7 Å². The molecule has 3 rings (SSSR count). The third-order valence-corrected chi connectivity index (χ3v) is 6.69. The van der Waals surface area contributed by atoms with Gasteiger partial charge in [0.15, 0.2) is 0 Å². The van der Waals surface area contributed by atoms with Gasteiger partial charge in [0.2, 0.25) is 21.8 Å². The fourth-order valence-corrected chi connectivity index (χ4v) is 4.69. The van der Waals surface area contributed by atoms with E-state index in [1.165, 1.54) is 0 Å². The second-order valence-corrected chi connectivity index (χ2v) is 9.33. The van der Waals surface area contributed by atoms with Crippen LogP contribution in [0.2, 0.25) is 0 Å². The van der Waals surface area contributed by atoms with Crippen molar-refractivity contribution in [1.29, 1.82) is 0 Å². The van der Waals surface area contributed by atoms with E-state index in [0.717, 1.165) is 0 Å². The number of hydrogen-bond donors (Lipinski definition) is 2. The molecule has 2 aromatic rings. The Bertz CT molecular complexity index is 1070. The largest absolute Gasteiger partial charge is 0.497 e. The minimum Gasteiger partial charge on any atom is -0.497 e. The molecule has 1 atom stereocenters. The minimum absolute atomic E-state index is 0.0222. The maximum Gasteiger partial charge on any atom is 0.232 e. The molecule has 2 amide bonds. The van der Waals surface area contributed by atoms with E-state index in [2.05, 4.69) is 10.0 Å². The van der Waals surface area contributed by atoms with Crippen molar-refractivity contribution in [3.05, 3.63) is 48.0 Å². The van der Waals surface area contributed by atoms with Crippen molar-refractivity contribution >= 4 is 38.9 Å². The summed E-state index contributed by atoms with van der Waals surface area (Å²) in [6.45, 7) is 3.81. The molecule has 1 heterocycles. The van der Waals surface area contributed by atoms with Gasteiger partial charge in [-0.25, -0.2) is 8.42 Å². The maximum absolute atomic E-state index is 12.8. The molecule has 0 aliphatic carbocycles. The van der Waals surface area contributed by atoms with Gasteiger partial charge in [-0.05, 0) is 55.3 Å². The number of benzene rings is 2. The first-order valence-corrected chi connectivity index (χ1v) is 11.7. The summed E-state index contributed by atoms with van der Waals surface area (Å²) in [4.78, 5) is 26.9. The molecule has 2 N–H and O–H groups in total. The molecule has 31 heavy (non-hydrogen) atoms. The number of nitrogens with one attached hydrogen (secondary N) is 2. The van der Waals surface area contributed by atoms with Crippen LogP contribution in [0.15, 0.2) is 42.5 Å². The lowest BCUT2D eigenvalue weighted by atomic mass is 10.1. The summed E-state index contributed by atoms with van der Waals surface area (Å²) < 4.78 is 31.9. The Morgan fingerprint density at radius 3 is 2.48 bits per heavy atom. The van der Waals surface area contributed by atoms with Crippen LogP contribution in [0.25, 0.3) is 0 Å². The number of rotatable bonds is 8. The number of nitrogens with zero attached hydrogens (tertiary/aromatic N) is 1. The van der Waals surface area contributed by atoms with E-state index in [1.54, 1.807) is 68.3 Å². The fourth-order valence-electron chi connectivity index (χ4n) is 3.50. The monoisotopic (exact) mass is 445 g/mol. The summed E-state index contributed by atoms with van der Waals surface area (Å²) in [5.41, 5.74) is 2.27. The summed E-state index contributed by atoms with van der Waals surface area (Å²) in [6.07, 6.45) is 0.616. The van der Waals surface area contributed by atoms with Crippen LogP contribution in [0, 0.1) is 12.8 Å². The predicted octanol–water partition coefficient (Wildman–Crippen LogP) is 3.15. The van der Waals surface area contributed by atoms with E-state index in [-0.39, 0.29) is 30.5 Å². The molecule has 1 aliphatic heterocycles. The average molecular weight is 446 g/mol. The SMILES string of the molecule is CCCS(=O)(=O)Nc1cccc(NC(=O)C2CC(=O)N(c3ccc(OC)cc3)C2)c1C. The second-order valence-electron chi connectivity index (χ2n) is 7.49. The van der Waals surface area contributed by atoms with Gasteiger partial charge in [0, 0.05) is 24.3 Å². The summed E-state index contributed by atoms with van der Waals surface area (Å²) >= 11 is 0. The first kappa shape index (κ1) is 22.6. The molecule has 0 saturated carbocycles. The molecule has 0 bridgehead atoms. The van der Waals surface area contributed by atoms with Gasteiger partial charge >= 0.3 is 0 Å². The van der Waals surface area contributed by atoms with Gasteiger partial charge in [-0.2, -0.15) is 0 Å². The van der Waals surface area contributed by atoms with Crippen molar-refractivity contribution in [3.63, 3.8) is 0 Å². The van der Waals surface area contributed by atoms with Gasteiger partial charge in [0.1, 0.15) is 5.75 Å². The Hall–Kier alpha value is -3.07. The third-order valence-electron chi connectivity index (χ3n) is 5.21. The van der Waals surface area contributed by atoms with Crippen molar-refractivity contribution in [1.82, 2.24) is 0 Å². The van der Waals surface area contributed by atoms with Gasteiger partial charge in [0.05, 0.1) is 24.5 Å². The number of amides is 2. The zero-order valence-corrected chi connectivity index (χ0v) is 18.7. The summed E-state index contributed by atoms with van der Waals surface area (Å²) in [7, 11) is -1.87. The Labute approximate surface area is 182 Å². The molecule has 1 aliphatic rings. The normalized spacial score (nSPS) is 16.3. The number of hydrogen-bond acceptors (Lipinski definition) is 5. The zero-order chi connectivity index (χ0) is 22.6. The molecular formula is C22H27N3O5S. The highest BCUT2D eigenvalue weighted by atomic mass is 32.2. The molecule has 2 aromatic carbocycles. The third kappa shape index (κ3) is 5.35. The number of ether oxygens (including phenoxy) is 1. The van der Waals surface area contributed by atoms with Crippen LogP contribution >= 0.6 is 0 Å². The second kappa shape index (κ2) is 9.38. The van der Waals surface area contributed by atoms with E-state index in [9.17, 15) is 18.0 Å². The fraction of sp³-hybridized carbons (Fsp3) is 0.364. The predicted molar refractivity (Wildman–Crippen MR) is 121 cm³/mol. The quantitative estimate of drug-likeness (QED) is 0.650. The van der Waals surface area contributed by atoms with Gasteiger partial charge < -0.3 is 15.0 Å². The number of sulfonamides is 1. The average Bonchev–Trinajstić information content (AvgIpc) is 3.12. The van der Waals surface area contributed by atoms with E-state index in [4.69, 9.17) is 4.74 Å². The number of methoxy groups -OCH3 is 1. The van der Waals surface area contributed by atoms with Crippen LogP contribution in [-0.4, -0.2) is 39.6 Å². The first-order valence-electron chi connectivity index (χ1n) is 10.1. The topological polar surface area (TPSA) is 105 Å². The smallest absolute Gasteiger partial charge is 0.232 e. The van der Waals surface area contributed by atoms with Crippen LogP contribution in [0.5, 0.6) is 5.75 Å². The summed E-state index contributed by atoms with van der Waals surface area (Å²) in [5.74, 6) is -0.192. The molecule has 0 aromatic heterocycles. The highest BCUT2D eigenvalue weighted by Crippen LogP contribution is 2.29. The zero-order valence-electron chi connectivity index (χ0n) is 17.8. The van der Waals surface area contributed by atoms with Crippen molar-refractivity contribution in [3.8, 4) is 5.75 Å². The van der Waals surface area contributed by atoms with Gasteiger partial charge in [-0.3, -0.25) is 14.3 Å². The van der Waals surface area contributed by atoms with Crippen LogP contribution in [-0.2, 0) is 19.6 Å². The Kier molecular flexibility index (Phi) is 6.84. The lowest BCUT2D eigenvalue weighted by Gasteiger charge is -2.18. The molecular weight excluding hydrogens is 418 g/mol. The Balaban J connectivity index is 1.70. The van der Waals surface area contributed by atoms with E-state index < -0.39 is 15.9 Å². The van der Waals surface area contributed by atoms with Crippen LogP contribution in [0.4, 0.5) is 17.1 Å². The minimum atomic E-state index is -3.44.